The Morgan fingerprint density at radius 3 is 2.30 bits per heavy atom. The summed E-state index contributed by atoms with van der Waals surface area (Å²) in [5.74, 6) is -5.65. The van der Waals surface area contributed by atoms with Gasteiger partial charge in [-0.3, -0.25) is 4.79 Å². The van der Waals surface area contributed by atoms with Crippen LogP contribution in [0.15, 0.2) is 0 Å². The molecule has 58 valence electrons. The molecule has 0 amide bonds. The van der Waals surface area contributed by atoms with Crippen LogP contribution in [0, 0.1) is 11.8 Å². The van der Waals surface area contributed by atoms with E-state index in [1.807, 2.05) is 0 Å². The molecule has 0 aromatic rings. The van der Waals surface area contributed by atoms with Crippen molar-refractivity contribution in [2.24, 2.45) is 11.8 Å². The van der Waals surface area contributed by atoms with Gasteiger partial charge in [-0.05, 0) is 13.3 Å². The molecule has 4 heteroatoms. The monoisotopic (exact) mass is 150 g/mol. The molecule has 0 aromatic carbocycles. The van der Waals surface area contributed by atoms with Crippen molar-refractivity contribution in [1.29, 1.82) is 0 Å². The average molecular weight is 150 g/mol. The molecule has 1 fully saturated rings. The molecule has 0 spiro atoms. The Balaban J connectivity index is 2.46. The van der Waals surface area contributed by atoms with E-state index in [4.69, 9.17) is 5.11 Å². The highest BCUT2D eigenvalue weighted by Gasteiger charge is 2.55. The maximum absolute atomic E-state index is 12.3. The highest BCUT2D eigenvalue weighted by molar-refractivity contribution is 5.73. The minimum Gasteiger partial charge on any atom is -0.481 e. The maximum atomic E-state index is 12.3. The van der Waals surface area contributed by atoms with Crippen molar-refractivity contribution in [3.05, 3.63) is 0 Å². The van der Waals surface area contributed by atoms with Gasteiger partial charge in [0.15, 0.2) is 0 Å². The molecule has 1 saturated carbocycles. The second-order valence-corrected chi connectivity index (χ2v) is 2.74. The normalized spacial score (nSPS) is 31.9. The number of halogens is 2. The summed E-state index contributed by atoms with van der Waals surface area (Å²) in [5.41, 5.74) is 0. The molecule has 2 nitrogen and oxygen atoms in total. The van der Waals surface area contributed by atoms with Gasteiger partial charge in [-0.15, -0.1) is 0 Å². The van der Waals surface area contributed by atoms with Gasteiger partial charge in [-0.25, -0.2) is 8.78 Å². The number of carboxylic acid groups (broad SMARTS) is 1. The lowest BCUT2D eigenvalue weighted by Gasteiger charge is -2.06. The van der Waals surface area contributed by atoms with Gasteiger partial charge in [0, 0.05) is 5.92 Å². The molecule has 2 atom stereocenters. The molecule has 1 N–H and O–H groups in total. The van der Waals surface area contributed by atoms with Gasteiger partial charge >= 0.3 is 5.97 Å². The summed E-state index contributed by atoms with van der Waals surface area (Å²) < 4.78 is 24.5. The third-order valence-corrected chi connectivity index (χ3v) is 1.76. The molecule has 0 aromatic heterocycles. The number of hydrogen-bond acceptors (Lipinski definition) is 1. The minimum atomic E-state index is -2.82. The number of aliphatic carboxylic acids is 1. The Labute approximate surface area is 56.8 Å². The van der Waals surface area contributed by atoms with Crippen molar-refractivity contribution >= 4 is 5.97 Å². The van der Waals surface area contributed by atoms with E-state index in [2.05, 4.69) is 0 Å². The van der Waals surface area contributed by atoms with Crippen molar-refractivity contribution < 1.29 is 18.7 Å². The Hall–Kier alpha value is -0.670. The van der Waals surface area contributed by atoms with Crippen LogP contribution >= 0.6 is 0 Å². The number of alkyl halides is 2. The van der Waals surface area contributed by atoms with Gasteiger partial charge < -0.3 is 5.11 Å². The number of rotatable bonds is 2. The van der Waals surface area contributed by atoms with E-state index < -0.39 is 23.7 Å². The standard InChI is InChI=1S/C6H8F2O2/c1-6(7,8)4-2-3(4)5(9)10/h3-4H,2H2,1H3,(H,9,10). The van der Waals surface area contributed by atoms with Crippen molar-refractivity contribution in [3.8, 4) is 0 Å². The second kappa shape index (κ2) is 1.90. The highest BCUT2D eigenvalue weighted by Crippen LogP contribution is 2.48. The fourth-order valence-corrected chi connectivity index (χ4v) is 1.03. The van der Waals surface area contributed by atoms with E-state index in [-0.39, 0.29) is 6.42 Å². The minimum absolute atomic E-state index is 0.124. The lowest BCUT2D eigenvalue weighted by Crippen LogP contribution is -2.16. The van der Waals surface area contributed by atoms with E-state index in [0.717, 1.165) is 6.92 Å². The predicted octanol–water partition coefficient (Wildman–Crippen LogP) is 1.36. The van der Waals surface area contributed by atoms with Gasteiger partial charge in [-0.2, -0.15) is 0 Å². The quantitative estimate of drug-likeness (QED) is 0.645. The van der Waals surface area contributed by atoms with E-state index >= 15 is 0 Å². The molecule has 0 aliphatic heterocycles. The summed E-state index contributed by atoms with van der Waals surface area (Å²) >= 11 is 0. The van der Waals surface area contributed by atoms with Crippen LogP contribution in [0.25, 0.3) is 0 Å². The summed E-state index contributed by atoms with van der Waals surface area (Å²) in [4.78, 5) is 10.1. The Kier molecular flexibility index (Phi) is 1.42. The summed E-state index contributed by atoms with van der Waals surface area (Å²) in [6.07, 6.45) is 0.124. The van der Waals surface area contributed by atoms with E-state index in [0.29, 0.717) is 0 Å². The van der Waals surface area contributed by atoms with Crippen LogP contribution in [0.5, 0.6) is 0 Å². The average Bonchev–Trinajstić information content (AvgIpc) is 2.35. The van der Waals surface area contributed by atoms with E-state index in [1.54, 1.807) is 0 Å². The second-order valence-electron chi connectivity index (χ2n) is 2.74. The molecular formula is C6H8F2O2. The molecule has 0 bridgehead atoms. The first-order valence-electron chi connectivity index (χ1n) is 3.03. The molecule has 0 heterocycles. The van der Waals surface area contributed by atoms with Crippen LogP contribution < -0.4 is 0 Å². The van der Waals surface area contributed by atoms with Crippen molar-refractivity contribution in [1.82, 2.24) is 0 Å². The first-order valence-corrected chi connectivity index (χ1v) is 3.03. The summed E-state index contributed by atoms with van der Waals surface area (Å²) in [5, 5.41) is 8.25. The van der Waals surface area contributed by atoms with Crippen LogP contribution in [0.3, 0.4) is 0 Å². The zero-order valence-electron chi connectivity index (χ0n) is 5.47. The van der Waals surface area contributed by atoms with Gasteiger partial charge in [0.1, 0.15) is 0 Å². The van der Waals surface area contributed by atoms with Crippen LogP contribution in [0.1, 0.15) is 13.3 Å². The Morgan fingerprint density at radius 1 is 1.70 bits per heavy atom. The smallest absolute Gasteiger partial charge is 0.307 e. The van der Waals surface area contributed by atoms with Crippen molar-refractivity contribution in [2.45, 2.75) is 19.3 Å². The molecule has 0 radical (unpaired) electrons. The molecule has 1 aliphatic rings. The summed E-state index contributed by atoms with van der Waals surface area (Å²) in [6, 6.07) is 0. The van der Waals surface area contributed by atoms with Crippen LogP contribution in [-0.4, -0.2) is 17.0 Å². The predicted molar refractivity (Wildman–Crippen MR) is 29.9 cm³/mol. The van der Waals surface area contributed by atoms with Crippen LogP contribution in [-0.2, 0) is 4.79 Å². The molecular weight excluding hydrogens is 142 g/mol. The Morgan fingerprint density at radius 2 is 2.20 bits per heavy atom. The zero-order valence-corrected chi connectivity index (χ0v) is 5.47. The zero-order chi connectivity index (χ0) is 7.94. The number of carboxylic acids is 1. The third kappa shape index (κ3) is 1.25. The molecule has 0 saturated heterocycles. The number of hydrogen-bond donors (Lipinski definition) is 1. The van der Waals surface area contributed by atoms with Crippen molar-refractivity contribution in [2.75, 3.05) is 0 Å². The van der Waals surface area contributed by atoms with Crippen LogP contribution in [0.2, 0.25) is 0 Å². The SMILES string of the molecule is CC(F)(F)C1CC1C(=O)O. The van der Waals surface area contributed by atoms with E-state index in [9.17, 15) is 13.6 Å². The largest absolute Gasteiger partial charge is 0.481 e. The summed E-state index contributed by atoms with van der Waals surface area (Å²) in [6.45, 7) is 0.764. The van der Waals surface area contributed by atoms with Gasteiger partial charge in [0.2, 0.25) is 5.92 Å². The third-order valence-electron chi connectivity index (χ3n) is 1.76. The topological polar surface area (TPSA) is 37.3 Å². The van der Waals surface area contributed by atoms with Gasteiger partial charge in [0.25, 0.3) is 0 Å². The van der Waals surface area contributed by atoms with Crippen molar-refractivity contribution in [3.63, 3.8) is 0 Å². The fraction of sp³-hybridized carbons (Fsp3) is 0.833. The van der Waals surface area contributed by atoms with Crippen LogP contribution in [0.4, 0.5) is 8.78 Å². The lowest BCUT2D eigenvalue weighted by atomic mass is 10.2. The molecule has 10 heavy (non-hydrogen) atoms. The first kappa shape index (κ1) is 7.44. The summed E-state index contributed by atoms with van der Waals surface area (Å²) in [7, 11) is 0. The molecule has 2 unspecified atom stereocenters. The van der Waals surface area contributed by atoms with Gasteiger partial charge in [-0.1, -0.05) is 0 Å². The molecule has 1 aliphatic carbocycles. The van der Waals surface area contributed by atoms with E-state index in [1.165, 1.54) is 0 Å². The fourth-order valence-electron chi connectivity index (χ4n) is 1.03. The Bertz CT molecular complexity index is 162. The maximum Gasteiger partial charge on any atom is 0.307 e. The lowest BCUT2D eigenvalue weighted by molar-refractivity contribution is -0.140. The number of carbonyl (C=O) groups is 1. The van der Waals surface area contributed by atoms with Gasteiger partial charge in [0.05, 0.1) is 5.92 Å². The molecule has 1 rings (SSSR count). The highest BCUT2D eigenvalue weighted by atomic mass is 19.3. The first-order chi connectivity index (χ1) is 4.43.